The van der Waals surface area contributed by atoms with Crippen LogP contribution < -0.4 is 11.1 Å². The average Bonchev–Trinajstić information content (AvgIpc) is 2.81. The van der Waals surface area contributed by atoms with Gasteiger partial charge in [-0.25, -0.2) is 0 Å². The highest BCUT2D eigenvalue weighted by atomic mass is 16.2. The van der Waals surface area contributed by atoms with Crippen molar-refractivity contribution < 1.29 is 19.2 Å². The molecule has 1 aromatic carbocycles. The van der Waals surface area contributed by atoms with E-state index in [1.807, 2.05) is 0 Å². The second-order valence-electron chi connectivity index (χ2n) is 7.06. The number of carbonyl (C=O) groups is 4. The molecular weight excluding hydrogens is 334 g/mol. The van der Waals surface area contributed by atoms with Crippen molar-refractivity contribution in [1.29, 1.82) is 0 Å². The van der Waals surface area contributed by atoms with Crippen LogP contribution in [0.1, 0.15) is 54.0 Å². The number of carbonyl (C=O) groups excluding carboxylic acids is 4. The van der Waals surface area contributed by atoms with E-state index in [9.17, 15) is 19.2 Å². The first kappa shape index (κ1) is 19.8. The van der Waals surface area contributed by atoms with Crippen LogP contribution in [0.3, 0.4) is 0 Å². The maximum Gasteiger partial charge on any atom is 0.262 e. The summed E-state index contributed by atoms with van der Waals surface area (Å²) in [5.74, 6) is -2.86. The first-order valence-corrected chi connectivity index (χ1v) is 8.75. The quantitative estimate of drug-likeness (QED) is 0.739. The monoisotopic (exact) mass is 359 g/mol. The number of nitrogens with one attached hydrogen (secondary N) is 1. The molecule has 0 fully saturated rings. The molecule has 2 rings (SSSR count). The molecule has 1 heterocycles. The highest BCUT2D eigenvalue weighted by Gasteiger charge is 2.45. The Hall–Kier alpha value is -2.54. The molecule has 1 aliphatic heterocycles. The van der Waals surface area contributed by atoms with Crippen LogP contribution in [0, 0.1) is 11.8 Å². The van der Waals surface area contributed by atoms with Crippen molar-refractivity contribution >= 4 is 23.6 Å². The molecule has 7 nitrogen and oxygen atoms in total. The van der Waals surface area contributed by atoms with Gasteiger partial charge in [-0.1, -0.05) is 39.8 Å². The summed E-state index contributed by atoms with van der Waals surface area (Å²) < 4.78 is 0. The summed E-state index contributed by atoms with van der Waals surface area (Å²) in [7, 11) is 0. The lowest BCUT2D eigenvalue weighted by Gasteiger charge is -2.28. The molecule has 0 saturated heterocycles. The highest BCUT2D eigenvalue weighted by Crippen LogP contribution is 2.30. The number of benzene rings is 1. The number of hydrogen-bond donors (Lipinski definition) is 2. The fourth-order valence-corrected chi connectivity index (χ4v) is 3.05. The van der Waals surface area contributed by atoms with Crippen LogP contribution in [-0.4, -0.2) is 41.1 Å². The van der Waals surface area contributed by atoms with Crippen LogP contribution in [0.4, 0.5) is 0 Å². The SMILES string of the molecule is CC(C)C(=O)NC(=O)C(C(C)C)N1C(=O)c2cccc(CCN)c2C1=O. The van der Waals surface area contributed by atoms with Gasteiger partial charge < -0.3 is 5.73 Å². The van der Waals surface area contributed by atoms with Gasteiger partial charge in [0.1, 0.15) is 6.04 Å². The molecule has 0 aromatic heterocycles. The van der Waals surface area contributed by atoms with Crippen LogP contribution >= 0.6 is 0 Å². The van der Waals surface area contributed by atoms with Crippen LogP contribution in [-0.2, 0) is 16.0 Å². The standard InChI is InChI=1S/C19H25N3O4/c1-10(2)15(17(24)21-16(23)11(3)4)22-18(25)13-7-5-6-12(8-9-20)14(13)19(22)26/h5-7,10-11,15H,8-9,20H2,1-4H3,(H,21,23,24). The third-order valence-corrected chi connectivity index (χ3v) is 4.40. The van der Waals surface area contributed by atoms with E-state index < -0.39 is 29.7 Å². The van der Waals surface area contributed by atoms with Crippen molar-refractivity contribution in [2.45, 2.75) is 40.2 Å². The van der Waals surface area contributed by atoms with Crippen molar-refractivity contribution in [2.75, 3.05) is 6.54 Å². The maximum absolute atomic E-state index is 13.0. The van der Waals surface area contributed by atoms with Crippen LogP contribution in [0.5, 0.6) is 0 Å². The van der Waals surface area contributed by atoms with Crippen molar-refractivity contribution in [3.63, 3.8) is 0 Å². The van der Waals surface area contributed by atoms with Gasteiger partial charge in [0, 0.05) is 5.92 Å². The molecule has 1 unspecified atom stereocenters. The second kappa shape index (κ2) is 7.78. The molecule has 0 bridgehead atoms. The number of imide groups is 2. The summed E-state index contributed by atoms with van der Waals surface area (Å²) >= 11 is 0. The second-order valence-corrected chi connectivity index (χ2v) is 7.06. The molecule has 4 amide bonds. The maximum atomic E-state index is 13.0. The first-order valence-electron chi connectivity index (χ1n) is 8.75. The van der Waals surface area contributed by atoms with Crippen molar-refractivity contribution in [3.8, 4) is 0 Å². The number of fused-ring (bicyclic) bond motifs is 1. The summed E-state index contributed by atoms with van der Waals surface area (Å²) in [6, 6.07) is 3.97. The van der Waals surface area contributed by atoms with E-state index in [4.69, 9.17) is 5.73 Å². The molecule has 0 spiro atoms. The zero-order chi connectivity index (χ0) is 19.6. The molecule has 1 atom stereocenters. The lowest BCUT2D eigenvalue weighted by Crippen LogP contribution is -2.54. The Balaban J connectivity index is 2.41. The molecule has 140 valence electrons. The predicted octanol–water partition coefficient (Wildman–Crippen LogP) is 1.11. The minimum absolute atomic E-state index is 0.273. The lowest BCUT2D eigenvalue weighted by molar-refractivity contribution is -0.135. The van der Waals surface area contributed by atoms with Crippen molar-refractivity contribution in [1.82, 2.24) is 10.2 Å². The Bertz CT molecular complexity index is 755. The molecule has 0 aliphatic carbocycles. The zero-order valence-electron chi connectivity index (χ0n) is 15.5. The normalized spacial score (nSPS) is 14.8. The third kappa shape index (κ3) is 3.53. The number of hydrogen-bond acceptors (Lipinski definition) is 5. The highest BCUT2D eigenvalue weighted by molar-refractivity contribution is 6.23. The van der Waals surface area contributed by atoms with E-state index in [1.165, 1.54) is 0 Å². The van der Waals surface area contributed by atoms with E-state index in [1.54, 1.807) is 45.9 Å². The van der Waals surface area contributed by atoms with Gasteiger partial charge >= 0.3 is 0 Å². The summed E-state index contributed by atoms with van der Waals surface area (Å²) in [5, 5.41) is 2.30. The van der Waals surface area contributed by atoms with Crippen LogP contribution in [0.2, 0.25) is 0 Å². The van der Waals surface area contributed by atoms with Gasteiger partial charge in [0.05, 0.1) is 11.1 Å². The van der Waals surface area contributed by atoms with Crippen molar-refractivity contribution in [3.05, 3.63) is 34.9 Å². The molecular formula is C19H25N3O4. The Morgan fingerprint density at radius 3 is 2.27 bits per heavy atom. The first-order chi connectivity index (χ1) is 12.2. The molecule has 7 heteroatoms. The molecule has 26 heavy (non-hydrogen) atoms. The van der Waals surface area contributed by atoms with Gasteiger partial charge in [0.2, 0.25) is 11.8 Å². The summed E-state index contributed by atoms with van der Waals surface area (Å²) in [5.41, 5.74) is 6.86. The minimum Gasteiger partial charge on any atom is -0.330 e. The number of nitrogens with two attached hydrogens (primary N) is 1. The van der Waals surface area contributed by atoms with Gasteiger partial charge in [-0.3, -0.25) is 29.4 Å². The third-order valence-electron chi connectivity index (χ3n) is 4.40. The number of nitrogens with zero attached hydrogens (tertiary/aromatic N) is 1. The summed E-state index contributed by atoms with van der Waals surface area (Å²) in [6.07, 6.45) is 0.459. The van der Waals surface area contributed by atoms with Gasteiger partial charge in [-0.15, -0.1) is 0 Å². The smallest absolute Gasteiger partial charge is 0.262 e. The Kier molecular flexibility index (Phi) is 5.92. The number of amides is 4. The average molecular weight is 359 g/mol. The zero-order valence-corrected chi connectivity index (χ0v) is 15.5. The largest absolute Gasteiger partial charge is 0.330 e. The minimum atomic E-state index is -1.06. The fraction of sp³-hybridized carbons (Fsp3) is 0.474. The molecule has 0 radical (unpaired) electrons. The summed E-state index contributed by atoms with van der Waals surface area (Å²) in [4.78, 5) is 51.3. The topological polar surface area (TPSA) is 110 Å². The van der Waals surface area contributed by atoms with Crippen molar-refractivity contribution in [2.24, 2.45) is 17.6 Å². The Morgan fingerprint density at radius 1 is 1.08 bits per heavy atom. The molecule has 1 aliphatic rings. The fourth-order valence-electron chi connectivity index (χ4n) is 3.05. The predicted molar refractivity (Wildman–Crippen MR) is 96.3 cm³/mol. The Labute approximate surface area is 152 Å². The van der Waals surface area contributed by atoms with E-state index in [-0.39, 0.29) is 17.4 Å². The summed E-state index contributed by atoms with van der Waals surface area (Å²) in [6.45, 7) is 7.12. The molecule has 0 saturated carbocycles. The van der Waals surface area contributed by atoms with E-state index in [0.717, 1.165) is 4.90 Å². The van der Waals surface area contributed by atoms with E-state index in [2.05, 4.69) is 5.32 Å². The Morgan fingerprint density at radius 2 is 1.73 bits per heavy atom. The van der Waals surface area contributed by atoms with Gasteiger partial charge in [0.15, 0.2) is 0 Å². The van der Waals surface area contributed by atoms with Gasteiger partial charge in [0.25, 0.3) is 11.8 Å². The van der Waals surface area contributed by atoms with Crippen LogP contribution in [0.15, 0.2) is 18.2 Å². The van der Waals surface area contributed by atoms with Gasteiger partial charge in [-0.05, 0) is 30.5 Å². The van der Waals surface area contributed by atoms with E-state index >= 15 is 0 Å². The number of rotatable bonds is 6. The van der Waals surface area contributed by atoms with Gasteiger partial charge in [-0.2, -0.15) is 0 Å². The lowest BCUT2D eigenvalue weighted by atomic mass is 10.00. The molecule has 1 aromatic rings. The van der Waals surface area contributed by atoms with Crippen LogP contribution in [0.25, 0.3) is 0 Å². The molecule has 3 N–H and O–H groups in total. The van der Waals surface area contributed by atoms with E-state index in [0.29, 0.717) is 24.1 Å².